The summed E-state index contributed by atoms with van der Waals surface area (Å²) in [4.78, 5) is 16.7. The molecule has 1 unspecified atom stereocenters. The highest BCUT2D eigenvalue weighted by atomic mass is 16.5. The Balaban J connectivity index is 1.58. The standard InChI is InChI=1S/C19H19N3O2/c23-18-10-15(13-24-12-14-6-2-1-3-7-14)19-16(11-20-18)21-17-8-4-5-9-22(17)19/h1-9,15H,10-13H2,(H,20,23). The fourth-order valence-corrected chi connectivity index (χ4v) is 3.23. The van der Waals surface area contributed by atoms with Crippen LogP contribution in [-0.4, -0.2) is 21.9 Å². The quantitative estimate of drug-likeness (QED) is 0.804. The van der Waals surface area contributed by atoms with Crippen LogP contribution in [0.4, 0.5) is 0 Å². The predicted molar refractivity (Wildman–Crippen MR) is 90.5 cm³/mol. The van der Waals surface area contributed by atoms with E-state index in [0.29, 0.717) is 26.2 Å². The maximum absolute atomic E-state index is 12.0. The van der Waals surface area contributed by atoms with Crippen LogP contribution in [0.1, 0.15) is 29.3 Å². The van der Waals surface area contributed by atoms with Gasteiger partial charge in [0, 0.05) is 18.5 Å². The number of imidazole rings is 1. The van der Waals surface area contributed by atoms with Crippen LogP contribution >= 0.6 is 0 Å². The van der Waals surface area contributed by atoms with Crippen molar-refractivity contribution in [2.24, 2.45) is 0 Å². The SMILES string of the molecule is O=C1CC(COCc2ccccc2)c2c(nc3ccccn23)CN1. The van der Waals surface area contributed by atoms with Gasteiger partial charge in [-0.05, 0) is 17.7 Å². The number of benzene rings is 1. The number of nitrogens with zero attached hydrogens (tertiary/aromatic N) is 2. The molecule has 1 amide bonds. The molecule has 0 bridgehead atoms. The Labute approximate surface area is 140 Å². The average molecular weight is 321 g/mol. The first-order valence-electron chi connectivity index (χ1n) is 8.15. The second-order valence-corrected chi connectivity index (χ2v) is 6.05. The van der Waals surface area contributed by atoms with Crippen LogP contribution in [0.5, 0.6) is 0 Å². The zero-order chi connectivity index (χ0) is 16.4. The molecule has 0 fully saturated rings. The van der Waals surface area contributed by atoms with Gasteiger partial charge in [-0.25, -0.2) is 4.98 Å². The van der Waals surface area contributed by atoms with Gasteiger partial charge in [-0.2, -0.15) is 0 Å². The summed E-state index contributed by atoms with van der Waals surface area (Å²) in [6.07, 6.45) is 2.42. The molecule has 1 atom stereocenters. The molecule has 122 valence electrons. The van der Waals surface area contributed by atoms with Gasteiger partial charge < -0.3 is 14.5 Å². The van der Waals surface area contributed by atoms with Gasteiger partial charge in [0.2, 0.25) is 5.91 Å². The van der Waals surface area contributed by atoms with Crippen LogP contribution in [0.2, 0.25) is 0 Å². The molecular formula is C19H19N3O2. The van der Waals surface area contributed by atoms with Crippen molar-refractivity contribution in [2.45, 2.75) is 25.5 Å². The lowest BCUT2D eigenvalue weighted by Gasteiger charge is -2.15. The highest BCUT2D eigenvalue weighted by Crippen LogP contribution is 2.28. The van der Waals surface area contributed by atoms with Gasteiger partial charge in [-0.15, -0.1) is 0 Å². The van der Waals surface area contributed by atoms with Crippen molar-refractivity contribution < 1.29 is 9.53 Å². The first-order valence-corrected chi connectivity index (χ1v) is 8.15. The van der Waals surface area contributed by atoms with E-state index in [0.717, 1.165) is 22.6 Å². The lowest BCUT2D eigenvalue weighted by Crippen LogP contribution is -2.22. The summed E-state index contributed by atoms with van der Waals surface area (Å²) in [5.74, 6) is 0.0506. The number of fused-ring (bicyclic) bond motifs is 3. The third-order valence-corrected chi connectivity index (χ3v) is 4.35. The van der Waals surface area contributed by atoms with E-state index in [1.54, 1.807) is 0 Å². The minimum Gasteiger partial charge on any atom is -0.376 e. The summed E-state index contributed by atoms with van der Waals surface area (Å²) in [5.41, 5.74) is 4.05. The molecule has 0 saturated heterocycles. The van der Waals surface area contributed by atoms with Crippen LogP contribution in [-0.2, 0) is 22.7 Å². The second-order valence-electron chi connectivity index (χ2n) is 6.05. The summed E-state index contributed by atoms with van der Waals surface area (Å²) < 4.78 is 7.99. The number of nitrogens with one attached hydrogen (secondary N) is 1. The molecule has 1 aliphatic heterocycles. The van der Waals surface area contributed by atoms with Gasteiger partial charge in [-0.1, -0.05) is 36.4 Å². The molecule has 3 heterocycles. The molecule has 0 spiro atoms. The van der Waals surface area contributed by atoms with Crippen molar-refractivity contribution in [1.29, 1.82) is 0 Å². The Morgan fingerprint density at radius 2 is 2.00 bits per heavy atom. The maximum Gasteiger partial charge on any atom is 0.221 e. The van der Waals surface area contributed by atoms with Gasteiger partial charge in [0.05, 0.1) is 31.1 Å². The molecule has 5 nitrogen and oxygen atoms in total. The molecule has 0 aliphatic carbocycles. The minimum absolute atomic E-state index is 0.00334. The normalized spacial score (nSPS) is 17.3. The van der Waals surface area contributed by atoms with E-state index in [-0.39, 0.29) is 11.8 Å². The van der Waals surface area contributed by atoms with Gasteiger partial charge in [0.25, 0.3) is 0 Å². The first-order chi connectivity index (χ1) is 11.8. The van der Waals surface area contributed by atoms with Crippen molar-refractivity contribution in [1.82, 2.24) is 14.7 Å². The molecular weight excluding hydrogens is 302 g/mol. The molecule has 2 aromatic heterocycles. The zero-order valence-electron chi connectivity index (χ0n) is 13.3. The van der Waals surface area contributed by atoms with Crippen molar-refractivity contribution in [3.05, 3.63) is 71.7 Å². The monoisotopic (exact) mass is 321 g/mol. The zero-order valence-corrected chi connectivity index (χ0v) is 13.3. The molecule has 1 aromatic carbocycles. The summed E-state index contributed by atoms with van der Waals surface area (Å²) >= 11 is 0. The van der Waals surface area contributed by atoms with Crippen LogP contribution in [0.25, 0.3) is 5.65 Å². The van der Waals surface area contributed by atoms with E-state index in [4.69, 9.17) is 4.74 Å². The van der Waals surface area contributed by atoms with Crippen molar-refractivity contribution in [2.75, 3.05) is 6.61 Å². The Morgan fingerprint density at radius 3 is 2.88 bits per heavy atom. The van der Waals surface area contributed by atoms with E-state index < -0.39 is 0 Å². The molecule has 4 rings (SSSR count). The topological polar surface area (TPSA) is 55.6 Å². The Hall–Kier alpha value is -2.66. The smallest absolute Gasteiger partial charge is 0.221 e. The first kappa shape index (κ1) is 14.9. The molecule has 24 heavy (non-hydrogen) atoms. The van der Waals surface area contributed by atoms with E-state index >= 15 is 0 Å². The molecule has 0 radical (unpaired) electrons. The van der Waals surface area contributed by atoms with Gasteiger partial charge >= 0.3 is 0 Å². The number of rotatable bonds is 4. The van der Waals surface area contributed by atoms with E-state index in [9.17, 15) is 4.79 Å². The number of pyridine rings is 1. The summed E-state index contributed by atoms with van der Waals surface area (Å²) in [6.45, 7) is 1.52. The summed E-state index contributed by atoms with van der Waals surface area (Å²) in [5, 5.41) is 2.93. The summed E-state index contributed by atoms with van der Waals surface area (Å²) in [6, 6.07) is 16.0. The Bertz CT molecular complexity index is 857. The van der Waals surface area contributed by atoms with Gasteiger partial charge in [0.15, 0.2) is 0 Å². The highest BCUT2D eigenvalue weighted by Gasteiger charge is 2.27. The molecule has 3 aromatic rings. The second kappa shape index (κ2) is 6.45. The predicted octanol–water partition coefficient (Wildman–Crippen LogP) is 2.65. The number of amides is 1. The van der Waals surface area contributed by atoms with Crippen LogP contribution in [0.15, 0.2) is 54.7 Å². The van der Waals surface area contributed by atoms with Crippen molar-refractivity contribution >= 4 is 11.6 Å². The molecule has 1 aliphatic rings. The fraction of sp³-hybridized carbons (Fsp3) is 0.263. The van der Waals surface area contributed by atoms with Gasteiger partial charge in [-0.3, -0.25) is 4.79 Å². The van der Waals surface area contributed by atoms with E-state index in [1.165, 1.54) is 0 Å². The van der Waals surface area contributed by atoms with Crippen molar-refractivity contribution in [3.8, 4) is 0 Å². The summed E-state index contributed by atoms with van der Waals surface area (Å²) in [7, 11) is 0. The van der Waals surface area contributed by atoms with Gasteiger partial charge in [0.1, 0.15) is 5.65 Å². The lowest BCUT2D eigenvalue weighted by atomic mass is 10.0. The number of hydrogen-bond donors (Lipinski definition) is 1. The highest BCUT2D eigenvalue weighted by molar-refractivity contribution is 5.77. The Kier molecular flexibility index (Phi) is 4.01. The molecule has 5 heteroatoms. The maximum atomic E-state index is 12.0. The van der Waals surface area contributed by atoms with Crippen LogP contribution in [0, 0.1) is 0 Å². The van der Waals surface area contributed by atoms with E-state index in [1.807, 2.05) is 54.7 Å². The fourth-order valence-electron chi connectivity index (χ4n) is 3.23. The minimum atomic E-state index is 0.00334. The third kappa shape index (κ3) is 2.90. The molecule has 1 N–H and O–H groups in total. The van der Waals surface area contributed by atoms with Crippen LogP contribution in [0.3, 0.4) is 0 Å². The molecule has 0 saturated carbocycles. The van der Waals surface area contributed by atoms with Crippen molar-refractivity contribution in [3.63, 3.8) is 0 Å². The van der Waals surface area contributed by atoms with Crippen LogP contribution < -0.4 is 5.32 Å². The Morgan fingerprint density at radius 1 is 1.17 bits per heavy atom. The number of ether oxygens (including phenoxy) is 1. The third-order valence-electron chi connectivity index (χ3n) is 4.35. The number of carbonyl (C=O) groups excluding carboxylic acids is 1. The van der Waals surface area contributed by atoms with E-state index in [2.05, 4.69) is 14.7 Å². The largest absolute Gasteiger partial charge is 0.376 e. The lowest BCUT2D eigenvalue weighted by molar-refractivity contribution is -0.121. The average Bonchev–Trinajstić information content (AvgIpc) is 2.91. The number of aromatic nitrogens is 2. The number of carbonyl (C=O) groups is 1. The number of hydrogen-bond acceptors (Lipinski definition) is 3.